The van der Waals surface area contributed by atoms with Crippen LogP contribution in [0.1, 0.15) is 6.92 Å². The summed E-state index contributed by atoms with van der Waals surface area (Å²) in [6.45, 7) is -2.08. The van der Waals surface area contributed by atoms with E-state index >= 15 is 0 Å². The second-order valence-corrected chi connectivity index (χ2v) is 7.17. The summed E-state index contributed by atoms with van der Waals surface area (Å²) in [6.07, 6.45) is -15.9. The normalized spacial score (nSPS) is 18.5. The monoisotopic (exact) mass is 634 g/mol. The molecule has 0 aliphatic heterocycles. The fourth-order valence-corrected chi connectivity index (χ4v) is 2.12. The van der Waals surface area contributed by atoms with Gasteiger partial charge in [-0.15, -0.1) is 0 Å². The van der Waals surface area contributed by atoms with Gasteiger partial charge in [-0.2, -0.15) is 105 Å². The Balaban J connectivity index is 7.29. The van der Waals surface area contributed by atoms with Crippen molar-refractivity contribution >= 4 is 0 Å². The molecular formula is C13H3F25. The van der Waals surface area contributed by atoms with Crippen LogP contribution >= 0.6 is 0 Å². The molecule has 25 heteroatoms. The van der Waals surface area contributed by atoms with Crippen LogP contribution in [0.2, 0.25) is 0 Å². The fraction of sp³-hybridized carbons (Fsp3) is 1.00. The lowest BCUT2D eigenvalue weighted by Crippen LogP contribution is -2.78. The molecule has 0 spiro atoms. The van der Waals surface area contributed by atoms with Crippen molar-refractivity contribution in [2.45, 2.75) is 78.2 Å². The van der Waals surface area contributed by atoms with Crippen LogP contribution in [0.15, 0.2) is 0 Å². The van der Waals surface area contributed by atoms with E-state index in [1.165, 1.54) is 0 Å². The first-order valence-corrected chi connectivity index (χ1v) is 7.97. The van der Waals surface area contributed by atoms with Gasteiger partial charge in [-0.05, 0) is 6.92 Å². The van der Waals surface area contributed by atoms with E-state index < -0.39 is 78.2 Å². The van der Waals surface area contributed by atoms with Gasteiger partial charge in [-0.3, -0.25) is 0 Å². The van der Waals surface area contributed by atoms with E-state index in [1.54, 1.807) is 0 Å². The van der Waals surface area contributed by atoms with E-state index in [0.717, 1.165) is 0 Å². The van der Waals surface area contributed by atoms with Crippen LogP contribution in [0.5, 0.6) is 0 Å². The Hall–Kier alpha value is -1.75. The smallest absolute Gasteiger partial charge is 0.230 e. The first kappa shape index (κ1) is 36.2. The second kappa shape index (κ2) is 8.38. The summed E-state index contributed by atoms with van der Waals surface area (Å²) in [5, 5.41) is 0. The largest absolute Gasteiger partial charge is 0.460 e. The van der Waals surface area contributed by atoms with Crippen LogP contribution in [-0.4, -0.2) is 71.3 Å². The molecule has 0 nitrogen and oxygen atoms in total. The molecule has 0 heterocycles. The minimum atomic E-state index is -9.48. The Bertz CT molecular complexity index is 793. The highest BCUT2D eigenvalue weighted by Crippen LogP contribution is 2.67. The fourth-order valence-electron chi connectivity index (χ4n) is 2.12. The van der Waals surface area contributed by atoms with Crippen LogP contribution in [0.3, 0.4) is 0 Å². The quantitative estimate of drug-likeness (QED) is 0.223. The number of hydrogen-bond acceptors (Lipinski definition) is 0. The topological polar surface area (TPSA) is 0 Å². The number of rotatable bonds is 9. The zero-order valence-corrected chi connectivity index (χ0v) is 16.4. The molecule has 38 heavy (non-hydrogen) atoms. The van der Waals surface area contributed by atoms with Gasteiger partial charge in [-0.25, -0.2) is 4.39 Å². The molecule has 0 amide bonds. The van der Waals surface area contributed by atoms with E-state index in [9.17, 15) is 110 Å². The molecule has 1 atom stereocenters. The van der Waals surface area contributed by atoms with Crippen molar-refractivity contribution in [1.82, 2.24) is 0 Å². The molecule has 0 N–H and O–H groups in total. The van der Waals surface area contributed by atoms with E-state index in [0.29, 0.717) is 0 Å². The van der Waals surface area contributed by atoms with Gasteiger partial charge in [0.1, 0.15) is 0 Å². The summed E-state index contributed by atoms with van der Waals surface area (Å²) in [7, 11) is 0. The molecule has 0 aromatic rings. The van der Waals surface area contributed by atoms with Crippen LogP contribution in [0, 0.1) is 0 Å². The molecule has 0 aliphatic rings. The minimum Gasteiger partial charge on any atom is -0.230 e. The molecule has 230 valence electrons. The Labute approximate surface area is 189 Å². The summed E-state index contributed by atoms with van der Waals surface area (Å²) in [5.41, 5.74) is -7.60. The van der Waals surface area contributed by atoms with E-state index in [4.69, 9.17) is 0 Å². The third kappa shape index (κ3) is 4.00. The SMILES string of the molecule is CC(F)(C(F)(F)C(F)(F)F)C(F)(F)C(F)(F)C(F)(F)C(F)(F)C(F)(F)C(F)(F)C(F)(F)C(F)(F)C(F)(F)F. The molecule has 0 radical (unpaired) electrons. The number of halogens is 25. The zero-order valence-electron chi connectivity index (χ0n) is 16.4. The Morgan fingerprint density at radius 1 is 0.211 bits per heavy atom. The summed E-state index contributed by atoms with van der Waals surface area (Å²) >= 11 is 0. The van der Waals surface area contributed by atoms with E-state index in [2.05, 4.69) is 0 Å². The van der Waals surface area contributed by atoms with Gasteiger partial charge in [0.2, 0.25) is 5.67 Å². The molecule has 0 bridgehead atoms. The van der Waals surface area contributed by atoms with Crippen molar-refractivity contribution in [3.63, 3.8) is 0 Å². The maximum atomic E-state index is 13.6. The van der Waals surface area contributed by atoms with Gasteiger partial charge >= 0.3 is 65.7 Å². The Kier molecular flexibility index (Phi) is 7.99. The number of alkyl halides is 25. The van der Waals surface area contributed by atoms with Gasteiger partial charge in [-0.1, -0.05) is 0 Å². The van der Waals surface area contributed by atoms with Gasteiger partial charge < -0.3 is 0 Å². The van der Waals surface area contributed by atoms with Crippen molar-refractivity contribution in [1.29, 1.82) is 0 Å². The van der Waals surface area contributed by atoms with Gasteiger partial charge in [0.25, 0.3) is 0 Å². The maximum Gasteiger partial charge on any atom is 0.460 e. The zero-order chi connectivity index (χ0) is 32.0. The average Bonchev–Trinajstić information content (AvgIpc) is 2.64. The average molecular weight is 634 g/mol. The highest BCUT2D eigenvalue weighted by atomic mass is 19.4. The lowest BCUT2D eigenvalue weighted by molar-refractivity contribution is -0.476. The molecule has 0 fully saturated rings. The number of hydrogen-bond donors (Lipinski definition) is 0. The lowest BCUT2D eigenvalue weighted by Gasteiger charge is -2.46. The maximum absolute atomic E-state index is 13.6. The predicted octanol–water partition coefficient (Wildman–Crippen LogP) is 8.56. The van der Waals surface area contributed by atoms with Gasteiger partial charge in [0.15, 0.2) is 0 Å². The molecule has 1 unspecified atom stereocenters. The first-order chi connectivity index (χ1) is 15.8. The molecular weight excluding hydrogens is 631 g/mol. The molecule has 0 rings (SSSR count). The second-order valence-electron chi connectivity index (χ2n) is 7.17. The van der Waals surface area contributed by atoms with Gasteiger partial charge in [0, 0.05) is 0 Å². The molecule has 0 saturated heterocycles. The van der Waals surface area contributed by atoms with Gasteiger partial charge in [0.05, 0.1) is 0 Å². The van der Waals surface area contributed by atoms with Crippen molar-refractivity contribution in [3.8, 4) is 0 Å². The van der Waals surface area contributed by atoms with Crippen molar-refractivity contribution in [2.75, 3.05) is 0 Å². The Morgan fingerprint density at radius 3 is 0.553 bits per heavy atom. The van der Waals surface area contributed by atoms with Crippen LogP contribution in [0.4, 0.5) is 110 Å². The third-order valence-corrected chi connectivity index (χ3v) is 4.65. The lowest BCUT2D eigenvalue weighted by atomic mass is 9.81. The van der Waals surface area contributed by atoms with Crippen LogP contribution < -0.4 is 0 Å². The van der Waals surface area contributed by atoms with Crippen molar-refractivity contribution < 1.29 is 110 Å². The van der Waals surface area contributed by atoms with Crippen molar-refractivity contribution in [3.05, 3.63) is 0 Å². The molecule has 0 aliphatic carbocycles. The summed E-state index contributed by atoms with van der Waals surface area (Å²) in [6, 6.07) is 0. The molecule has 0 aromatic carbocycles. The Morgan fingerprint density at radius 2 is 0.368 bits per heavy atom. The van der Waals surface area contributed by atoms with Crippen LogP contribution in [0.25, 0.3) is 0 Å². The molecule has 0 aromatic heterocycles. The minimum absolute atomic E-state index is 2.08. The van der Waals surface area contributed by atoms with Crippen LogP contribution in [-0.2, 0) is 0 Å². The predicted molar refractivity (Wildman–Crippen MR) is 66.1 cm³/mol. The summed E-state index contributed by atoms with van der Waals surface area (Å²) in [4.78, 5) is 0. The van der Waals surface area contributed by atoms with Crippen molar-refractivity contribution in [2.24, 2.45) is 0 Å². The first-order valence-electron chi connectivity index (χ1n) is 7.97. The third-order valence-electron chi connectivity index (χ3n) is 4.65. The molecule has 0 saturated carbocycles. The summed E-state index contributed by atoms with van der Waals surface area (Å²) in [5.74, 6) is -81.2. The van der Waals surface area contributed by atoms with E-state index in [1.807, 2.05) is 0 Å². The standard InChI is InChI=1S/C13H3F25/c1-2(14,4(17,18)12(33,34)35)3(15,16)5(19,20)6(21,22)7(23,24)8(25,26)9(27,28)10(29,30)11(31,32)13(36,37)38/h1H3. The van der Waals surface area contributed by atoms with E-state index in [-0.39, 0.29) is 0 Å². The highest BCUT2D eigenvalue weighted by molar-refractivity contribution is 5.20. The highest BCUT2D eigenvalue weighted by Gasteiger charge is 2.98. The summed E-state index contributed by atoms with van der Waals surface area (Å²) < 4.78 is 324.